The van der Waals surface area contributed by atoms with E-state index in [1.807, 2.05) is 0 Å². The molecule has 4 nitrogen and oxygen atoms in total. The Labute approximate surface area is 61.2 Å². The second kappa shape index (κ2) is 8.27. The topological polar surface area (TPSA) is 60.8 Å². The Kier molecular flexibility index (Phi) is 7.67. The predicted molar refractivity (Wildman–Crippen MR) is 41.8 cm³/mol. The lowest BCUT2D eigenvalue weighted by molar-refractivity contribution is 0.645. The van der Waals surface area contributed by atoms with Crippen LogP contribution in [-0.2, 0) is 0 Å². The molecular formula is C6H14N4. The van der Waals surface area contributed by atoms with Crippen molar-refractivity contribution in [1.82, 2.24) is 5.32 Å². The molecule has 4 heteroatoms. The highest BCUT2D eigenvalue weighted by atomic mass is 15.1. The summed E-state index contributed by atoms with van der Waals surface area (Å²) in [6.07, 6.45) is 2.39. The van der Waals surface area contributed by atoms with Crippen molar-refractivity contribution in [3.05, 3.63) is 10.4 Å². The van der Waals surface area contributed by atoms with E-state index in [0.717, 1.165) is 13.1 Å². The number of azide groups is 1. The highest BCUT2D eigenvalue weighted by molar-refractivity contribution is 4.51. The van der Waals surface area contributed by atoms with Crippen LogP contribution in [0.3, 0.4) is 0 Å². The smallest absolute Gasteiger partial charge is 0.0383 e. The lowest BCUT2D eigenvalue weighted by atomic mass is 10.3. The fourth-order valence-corrected chi connectivity index (χ4v) is 0.601. The lowest BCUT2D eigenvalue weighted by Gasteiger charge is -1.98. The Balaban J connectivity index is 2.83. The van der Waals surface area contributed by atoms with Crippen molar-refractivity contribution in [2.24, 2.45) is 5.11 Å². The van der Waals surface area contributed by atoms with Gasteiger partial charge in [0.25, 0.3) is 0 Å². The molecule has 58 valence electrons. The number of rotatable bonds is 6. The average molecular weight is 142 g/mol. The maximum atomic E-state index is 7.90. The number of hydrogen-bond acceptors (Lipinski definition) is 2. The SMILES string of the molecule is CCCCNCCN=[N+]=[N-]. The zero-order valence-electron chi connectivity index (χ0n) is 6.38. The fraction of sp³-hybridized carbons (Fsp3) is 1.00. The van der Waals surface area contributed by atoms with Crippen LogP contribution >= 0.6 is 0 Å². The number of nitrogens with zero attached hydrogens (tertiary/aromatic N) is 3. The molecule has 0 heterocycles. The molecule has 10 heavy (non-hydrogen) atoms. The van der Waals surface area contributed by atoms with Gasteiger partial charge in [0, 0.05) is 18.0 Å². The fourth-order valence-electron chi connectivity index (χ4n) is 0.601. The Bertz CT molecular complexity index is 106. The summed E-state index contributed by atoms with van der Waals surface area (Å²) in [5, 5.41) is 6.54. The Hall–Kier alpha value is -0.730. The Morgan fingerprint density at radius 1 is 1.50 bits per heavy atom. The molecule has 0 aromatic rings. The van der Waals surface area contributed by atoms with E-state index < -0.39 is 0 Å². The summed E-state index contributed by atoms with van der Waals surface area (Å²) in [6.45, 7) is 4.52. The molecule has 0 saturated heterocycles. The zero-order chi connectivity index (χ0) is 7.66. The molecule has 0 aliphatic heterocycles. The van der Waals surface area contributed by atoms with E-state index in [4.69, 9.17) is 5.53 Å². The van der Waals surface area contributed by atoms with Crippen LogP contribution in [0.25, 0.3) is 10.4 Å². The Morgan fingerprint density at radius 2 is 2.30 bits per heavy atom. The molecule has 0 spiro atoms. The first-order valence-electron chi connectivity index (χ1n) is 3.63. The van der Waals surface area contributed by atoms with Crippen LogP contribution in [0.2, 0.25) is 0 Å². The normalized spacial score (nSPS) is 8.90. The van der Waals surface area contributed by atoms with Gasteiger partial charge in [-0.3, -0.25) is 0 Å². The molecular weight excluding hydrogens is 128 g/mol. The minimum absolute atomic E-state index is 0.556. The van der Waals surface area contributed by atoms with Gasteiger partial charge < -0.3 is 5.32 Å². The second-order valence-corrected chi connectivity index (χ2v) is 2.06. The maximum Gasteiger partial charge on any atom is 0.0383 e. The van der Waals surface area contributed by atoms with Crippen molar-refractivity contribution in [3.8, 4) is 0 Å². The molecule has 0 aliphatic carbocycles. The molecule has 1 N–H and O–H groups in total. The number of unbranched alkanes of at least 4 members (excludes halogenated alkanes) is 1. The van der Waals surface area contributed by atoms with Gasteiger partial charge >= 0.3 is 0 Å². The molecule has 0 rings (SSSR count). The molecule has 0 atom stereocenters. The average Bonchev–Trinajstić information content (AvgIpc) is 1.97. The first-order chi connectivity index (χ1) is 4.91. The van der Waals surface area contributed by atoms with Gasteiger partial charge in [0.05, 0.1) is 0 Å². The van der Waals surface area contributed by atoms with Crippen LogP contribution < -0.4 is 5.32 Å². The minimum atomic E-state index is 0.556. The molecule has 0 amide bonds. The molecule has 0 aromatic heterocycles. The third-order valence-corrected chi connectivity index (χ3v) is 1.16. The van der Waals surface area contributed by atoms with E-state index in [-0.39, 0.29) is 0 Å². The van der Waals surface area contributed by atoms with Crippen molar-refractivity contribution in [1.29, 1.82) is 0 Å². The third kappa shape index (κ3) is 7.27. The van der Waals surface area contributed by atoms with Crippen LogP contribution in [0.1, 0.15) is 19.8 Å². The molecule has 0 unspecified atom stereocenters. The van der Waals surface area contributed by atoms with Gasteiger partial charge in [-0.1, -0.05) is 18.5 Å². The summed E-state index contributed by atoms with van der Waals surface area (Å²) >= 11 is 0. The van der Waals surface area contributed by atoms with Crippen LogP contribution in [0.15, 0.2) is 5.11 Å². The van der Waals surface area contributed by atoms with Crippen molar-refractivity contribution < 1.29 is 0 Å². The molecule has 0 saturated carbocycles. The van der Waals surface area contributed by atoms with Gasteiger partial charge in [-0.15, -0.1) is 0 Å². The van der Waals surface area contributed by atoms with E-state index >= 15 is 0 Å². The molecule has 0 aliphatic rings. The standard InChI is InChI=1S/C6H14N4/c1-2-3-4-8-5-6-9-10-7/h8H,2-6H2,1H3. The molecule has 0 bridgehead atoms. The van der Waals surface area contributed by atoms with E-state index in [9.17, 15) is 0 Å². The van der Waals surface area contributed by atoms with E-state index in [2.05, 4.69) is 22.3 Å². The van der Waals surface area contributed by atoms with Gasteiger partial charge in [-0.25, -0.2) is 0 Å². The van der Waals surface area contributed by atoms with E-state index in [0.29, 0.717) is 6.54 Å². The molecule has 0 fully saturated rings. The van der Waals surface area contributed by atoms with Gasteiger partial charge in [0.1, 0.15) is 0 Å². The summed E-state index contributed by atoms with van der Waals surface area (Å²) in [6, 6.07) is 0. The predicted octanol–water partition coefficient (Wildman–Crippen LogP) is 1.69. The van der Waals surface area contributed by atoms with E-state index in [1.54, 1.807) is 0 Å². The summed E-state index contributed by atoms with van der Waals surface area (Å²) in [5.74, 6) is 0. The second-order valence-electron chi connectivity index (χ2n) is 2.06. The quantitative estimate of drug-likeness (QED) is 0.261. The van der Waals surface area contributed by atoms with E-state index in [1.165, 1.54) is 12.8 Å². The number of hydrogen-bond donors (Lipinski definition) is 1. The minimum Gasteiger partial charge on any atom is -0.317 e. The van der Waals surface area contributed by atoms with Crippen molar-refractivity contribution in [2.75, 3.05) is 19.6 Å². The van der Waals surface area contributed by atoms with Gasteiger partial charge in [0.15, 0.2) is 0 Å². The van der Waals surface area contributed by atoms with Crippen molar-refractivity contribution >= 4 is 0 Å². The van der Waals surface area contributed by atoms with Gasteiger partial charge in [0.2, 0.25) is 0 Å². The highest BCUT2D eigenvalue weighted by Gasteiger charge is 1.82. The summed E-state index contributed by atoms with van der Waals surface area (Å²) < 4.78 is 0. The van der Waals surface area contributed by atoms with Crippen LogP contribution in [0.4, 0.5) is 0 Å². The van der Waals surface area contributed by atoms with Gasteiger partial charge in [-0.05, 0) is 18.5 Å². The lowest BCUT2D eigenvalue weighted by Crippen LogP contribution is -2.18. The molecule has 0 aromatic carbocycles. The Morgan fingerprint density at radius 3 is 2.90 bits per heavy atom. The van der Waals surface area contributed by atoms with Crippen LogP contribution in [0.5, 0.6) is 0 Å². The highest BCUT2D eigenvalue weighted by Crippen LogP contribution is 1.81. The summed E-state index contributed by atoms with van der Waals surface area (Å²) in [4.78, 5) is 2.64. The monoisotopic (exact) mass is 142 g/mol. The molecule has 0 radical (unpaired) electrons. The first kappa shape index (κ1) is 9.27. The maximum absolute atomic E-state index is 7.90. The first-order valence-corrected chi connectivity index (χ1v) is 3.63. The summed E-state index contributed by atoms with van der Waals surface area (Å²) in [5.41, 5.74) is 7.90. The van der Waals surface area contributed by atoms with Gasteiger partial charge in [-0.2, -0.15) is 0 Å². The van der Waals surface area contributed by atoms with Crippen LogP contribution in [0, 0.1) is 0 Å². The zero-order valence-corrected chi connectivity index (χ0v) is 6.38. The summed E-state index contributed by atoms with van der Waals surface area (Å²) in [7, 11) is 0. The van der Waals surface area contributed by atoms with Crippen LogP contribution in [-0.4, -0.2) is 19.6 Å². The van der Waals surface area contributed by atoms with Crippen molar-refractivity contribution in [3.63, 3.8) is 0 Å². The third-order valence-electron chi connectivity index (χ3n) is 1.16. The largest absolute Gasteiger partial charge is 0.317 e. The number of nitrogens with one attached hydrogen (secondary N) is 1. The van der Waals surface area contributed by atoms with Crippen molar-refractivity contribution in [2.45, 2.75) is 19.8 Å².